The fraction of sp³-hybridized carbons (Fsp3) is 0.636. The Hall–Kier alpha value is -1.32. The summed E-state index contributed by atoms with van der Waals surface area (Å²) in [6.45, 7) is 3.58. The molecule has 1 amide bonds. The molecule has 0 heterocycles. The van der Waals surface area contributed by atoms with Crippen LogP contribution in [-0.4, -0.2) is 25.0 Å². The van der Waals surface area contributed by atoms with Crippen molar-refractivity contribution in [1.82, 2.24) is 5.32 Å². The first-order chi connectivity index (χ1) is 7.19. The zero-order valence-corrected chi connectivity index (χ0v) is 8.99. The number of hydrogen-bond acceptors (Lipinski definition) is 3. The average molecular weight is 211 g/mol. The molecular weight excluding hydrogens is 194 g/mol. The van der Waals surface area contributed by atoms with Crippen LogP contribution >= 0.6 is 0 Å². The van der Waals surface area contributed by atoms with Gasteiger partial charge >= 0.3 is 5.97 Å². The summed E-state index contributed by atoms with van der Waals surface area (Å²) in [6.07, 6.45) is 4.82. The molecule has 0 unspecified atom stereocenters. The lowest BCUT2D eigenvalue weighted by Gasteiger charge is -2.15. The second-order valence-corrected chi connectivity index (χ2v) is 3.72. The van der Waals surface area contributed by atoms with Crippen LogP contribution in [0.1, 0.15) is 25.7 Å². The van der Waals surface area contributed by atoms with Crippen LogP contribution in [0, 0.1) is 5.92 Å². The summed E-state index contributed by atoms with van der Waals surface area (Å²) in [5, 5.41) is 2.70. The van der Waals surface area contributed by atoms with Gasteiger partial charge in [-0.05, 0) is 25.7 Å². The van der Waals surface area contributed by atoms with Gasteiger partial charge in [-0.15, -0.1) is 6.58 Å². The Bertz CT molecular complexity index is 259. The van der Waals surface area contributed by atoms with Crippen LogP contribution in [0.5, 0.6) is 0 Å². The number of carbonyl (C=O) groups excluding carboxylic acids is 2. The molecule has 4 heteroatoms. The van der Waals surface area contributed by atoms with E-state index < -0.39 is 6.04 Å². The van der Waals surface area contributed by atoms with Crippen LogP contribution < -0.4 is 5.32 Å². The molecule has 84 valence electrons. The van der Waals surface area contributed by atoms with Crippen molar-refractivity contribution >= 4 is 11.9 Å². The van der Waals surface area contributed by atoms with Crippen LogP contribution in [0.15, 0.2) is 12.7 Å². The first kappa shape index (κ1) is 11.8. The average Bonchev–Trinajstić information content (AvgIpc) is 3.06. The standard InChI is InChI=1S/C11H17NO3/c1-3-4-5-9(11(14)15-2)12-10(13)8-6-7-8/h3,8-9H,1,4-7H2,2H3,(H,12,13)/t9-/m1/s1. The number of hydrogen-bond donors (Lipinski definition) is 1. The Morgan fingerprint density at radius 3 is 2.73 bits per heavy atom. The number of amides is 1. The van der Waals surface area contributed by atoms with E-state index >= 15 is 0 Å². The second-order valence-electron chi connectivity index (χ2n) is 3.72. The normalized spacial score (nSPS) is 16.6. The Kier molecular flexibility index (Phi) is 4.34. The summed E-state index contributed by atoms with van der Waals surface area (Å²) < 4.78 is 4.62. The maximum Gasteiger partial charge on any atom is 0.328 e. The van der Waals surface area contributed by atoms with E-state index in [1.807, 2.05) is 0 Å². The van der Waals surface area contributed by atoms with Crippen molar-refractivity contribution in [3.8, 4) is 0 Å². The van der Waals surface area contributed by atoms with Crippen molar-refractivity contribution in [1.29, 1.82) is 0 Å². The first-order valence-corrected chi connectivity index (χ1v) is 5.18. The van der Waals surface area contributed by atoms with Gasteiger partial charge in [-0.3, -0.25) is 4.79 Å². The van der Waals surface area contributed by atoms with Crippen molar-refractivity contribution in [2.24, 2.45) is 5.92 Å². The number of rotatable bonds is 6. The third-order valence-electron chi connectivity index (χ3n) is 2.41. The highest BCUT2D eigenvalue weighted by molar-refractivity contribution is 5.86. The molecule has 0 aromatic heterocycles. The zero-order valence-electron chi connectivity index (χ0n) is 8.99. The number of nitrogens with one attached hydrogen (secondary N) is 1. The highest BCUT2D eigenvalue weighted by atomic mass is 16.5. The van der Waals surface area contributed by atoms with Gasteiger partial charge in [0.1, 0.15) is 6.04 Å². The van der Waals surface area contributed by atoms with Gasteiger partial charge in [-0.2, -0.15) is 0 Å². The van der Waals surface area contributed by atoms with Gasteiger partial charge in [0.25, 0.3) is 0 Å². The van der Waals surface area contributed by atoms with Gasteiger partial charge in [-0.25, -0.2) is 4.79 Å². The monoisotopic (exact) mass is 211 g/mol. The van der Waals surface area contributed by atoms with Crippen LogP contribution in [-0.2, 0) is 14.3 Å². The molecule has 1 rings (SSSR count). The van der Waals surface area contributed by atoms with Crippen molar-refractivity contribution in [2.45, 2.75) is 31.7 Å². The molecule has 0 aromatic rings. The molecule has 0 radical (unpaired) electrons. The molecule has 1 aliphatic rings. The summed E-state index contributed by atoms with van der Waals surface area (Å²) >= 11 is 0. The molecule has 0 aromatic carbocycles. The summed E-state index contributed by atoms with van der Waals surface area (Å²) in [4.78, 5) is 22.8. The zero-order chi connectivity index (χ0) is 11.3. The molecule has 1 fully saturated rings. The minimum atomic E-state index is -0.527. The minimum absolute atomic E-state index is 0.0329. The second kappa shape index (κ2) is 5.53. The Morgan fingerprint density at radius 2 is 2.27 bits per heavy atom. The number of carbonyl (C=O) groups is 2. The van der Waals surface area contributed by atoms with E-state index in [2.05, 4.69) is 16.6 Å². The molecule has 0 bridgehead atoms. The minimum Gasteiger partial charge on any atom is -0.467 e. The third kappa shape index (κ3) is 3.73. The molecule has 1 aliphatic carbocycles. The smallest absolute Gasteiger partial charge is 0.328 e. The molecule has 0 aliphatic heterocycles. The van der Waals surface area contributed by atoms with Gasteiger partial charge in [0, 0.05) is 5.92 Å². The fourth-order valence-electron chi connectivity index (χ4n) is 1.31. The highest BCUT2D eigenvalue weighted by Crippen LogP contribution is 2.29. The van der Waals surface area contributed by atoms with Crippen molar-refractivity contribution in [3.05, 3.63) is 12.7 Å². The SMILES string of the molecule is C=CCC[C@@H](NC(=O)C1CC1)C(=O)OC. The van der Waals surface area contributed by atoms with Crippen LogP contribution in [0.3, 0.4) is 0 Å². The van der Waals surface area contributed by atoms with Crippen molar-refractivity contribution < 1.29 is 14.3 Å². The highest BCUT2D eigenvalue weighted by Gasteiger charge is 2.32. The lowest BCUT2D eigenvalue weighted by atomic mass is 10.1. The van der Waals surface area contributed by atoms with E-state index in [0.29, 0.717) is 12.8 Å². The van der Waals surface area contributed by atoms with E-state index in [-0.39, 0.29) is 17.8 Å². The topological polar surface area (TPSA) is 55.4 Å². The number of ether oxygens (including phenoxy) is 1. The van der Waals surface area contributed by atoms with E-state index in [1.54, 1.807) is 6.08 Å². The molecule has 1 atom stereocenters. The maximum atomic E-state index is 11.5. The predicted octanol–water partition coefficient (Wildman–Crippen LogP) is 1.02. The number of allylic oxidation sites excluding steroid dienone is 1. The lowest BCUT2D eigenvalue weighted by molar-refractivity contribution is -0.145. The Morgan fingerprint density at radius 1 is 1.60 bits per heavy atom. The van der Waals surface area contributed by atoms with E-state index in [9.17, 15) is 9.59 Å². The number of methoxy groups -OCH3 is 1. The summed E-state index contributed by atoms with van der Waals surface area (Å²) in [6, 6.07) is -0.527. The summed E-state index contributed by atoms with van der Waals surface area (Å²) in [5.41, 5.74) is 0. The third-order valence-corrected chi connectivity index (χ3v) is 2.41. The summed E-state index contributed by atoms with van der Waals surface area (Å²) in [5.74, 6) is -0.304. The molecule has 15 heavy (non-hydrogen) atoms. The van der Waals surface area contributed by atoms with E-state index in [0.717, 1.165) is 12.8 Å². The number of esters is 1. The lowest BCUT2D eigenvalue weighted by Crippen LogP contribution is -2.42. The van der Waals surface area contributed by atoms with Gasteiger partial charge in [0.2, 0.25) is 5.91 Å². The van der Waals surface area contributed by atoms with Gasteiger partial charge in [-0.1, -0.05) is 6.08 Å². The quantitative estimate of drug-likeness (QED) is 0.527. The Balaban J connectivity index is 2.42. The molecule has 0 spiro atoms. The van der Waals surface area contributed by atoms with E-state index in [1.165, 1.54) is 7.11 Å². The Labute approximate surface area is 89.7 Å². The molecule has 1 saturated carbocycles. The van der Waals surface area contributed by atoms with Gasteiger partial charge in [0.05, 0.1) is 7.11 Å². The predicted molar refractivity (Wildman–Crippen MR) is 56.1 cm³/mol. The maximum absolute atomic E-state index is 11.5. The van der Waals surface area contributed by atoms with Crippen LogP contribution in [0.25, 0.3) is 0 Å². The summed E-state index contributed by atoms with van der Waals surface area (Å²) in [7, 11) is 1.33. The first-order valence-electron chi connectivity index (χ1n) is 5.18. The molecule has 1 N–H and O–H groups in total. The van der Waals surface area contributed by atoms with Crippen molar-refractivity contribution in [3.63, 3.8) is 0 Å². The molecule has 0 saturated heterocycles. The van der Waals surface area contributed by atoms with E-state index in [4.69, 9.17) is 0 Å². The largest absolute Gasteiger partial charge is 0.467 e. The van der Waals surface area contributed by atoms with Gasteiger partial charge < -0.3 is 10.1 Å². The fourth-order valence-corrected chi connectivity index (χ4v) is 1.31. The van der Waals surface area contributed by atoms with Crippen LogP contribution in [0.4, 0.5) is 0 Å². The van der Waals surface area contributed by atoms with Crippen molar-refractivity contribution in [2.75, 3.05) is 7.11 Å². The molecular formula is C11H17NO3. The molecule has 4 nitrogen and oxygen atoms in total. The van der Waals surface area contributed by atoms with Gasteiger partial charge in [0.15, 0.2) is 0 Å². The van der Waals surface area contributed by atoms with Crippen LogP contribution in [0.2, 0.25) is 0 Å².